The molecule has 0 saturated carbocycles. The number of amides is 1. The fourth-order valence-corrected chi connectivity index (χ4v) is 4.07. The Hall–Kier alpha value is -2.27. The summed E-state index contributed by atoms with van der Waals surface area (Å²) in [7, 11) is 0. The van der Waals surface area contributed by atoms with Crippen molar-refractivity contribution in [3.8, 4) is 11.3 Å². The number of rotatable bonds is 3. The molecule has 25 heavy (non-hydrogen) atoms. The maximum Gasteiger partial charge on any atom is 0.227 e. The van der Waals surface area contributed by atoms with Crippen molar-refractivity contribution in [3.05, 3.63) is 47.9 Å². The molecule has 2 aliphatic rings. The monoisotopic (exact) mass is 336 g/mol. The first-order valence-electron chi connectivity index (χ1n) is 9.05. The molecule has 1 amide bonds. The van der Waals surface area contributed by atoms with Crippen molar-refractivity contribution in [2.45, 2.75) is 32.7 Å². The van der Waals surface area contributed by atoms with Crippen molar-refractivity contribution in [2.24, 2.45) is 5.41 Å². The van der Waals surface area contributed by atoms with Gasteiger partial charge >= 0.3 is 0 Å². The van der Waals surface area contributed by atoms with Gasteiger partial charge in [0.1, 0.15) is 5.82 Å². The number of benzene rings is 1. The minimum absolute atomic E-state index is 0.190. The van der Waals surface area contributed by atoms with Crippen molar-refractivity contribution in [2.75, 3.05) is 19.6 Å². The predicted octanol–water partition coefficient (Wildman–Crippen LogP) is 2.55. The molecule has 3 heterocycles. The van der Waals surface area contributed by atoms with Gasteiger partial charge in [0.05, 0.1) is 17.7 Å². The molecule has 2 aliphatic heterocycles. The Morgan fingerprint density at radius 2 is 2.04 bits per heavy atom. The SMILES string of the molecule is Cc1cc(-c2ccccc2)nc(CN2CC[C@@]3(CCCNC3=O)C2)n1. The largest absolute Gasteiger partial charge is 0.356 e. The number of hydrogen-bond acceptors (Lipinski definition) is 4. The van der Waals surface area contributed by atoms with Gasteiger partial charge in [-0.25, -0.2) is 9.97 Å². The van der Waals surface area contributed by atoms with Crippen molar-refractivity contribution in [1.82, 2.24) is 20.2 Å². The van der Waals surface area contributed by atoms with Crippen LogP contribution in [0, 0.1) is 12.3 Å². The predicted molar refractivity (Wildman–Crippen MR) is 96.8 cm³/mol. The van der Waals surface area contributed by atoms with Crippen LogP contribution in [-0.4, -0.2) is 40.4 Å². The zero-order chi connectivity index (χ0) is 17.3. The third-order valence-corrected chi connectivity index (χ3v) is 5.37. The zero-order valence-corrected chi connectivity index (χ0v) is 14.7. The topological polar surface area (TPSA) is 58.1 Å². The van der Waals surface area contributed by atoms with Gasteiger partial charge < -0.3 is 5.32 Å². The fourth-order valence-electron chi connectivity index (χ4n) is 4.07. The van der Waals surface area contributed by atoms with Crippen LogP contribution in [0.4, 0.5) is 0 Å². The van der Waals surface area contributed by atoms with Crippen LogP contribution in [0.2, 0.25) is 0 Å². The summed E-state index contributed by atoms with van der Waals surface area (Å²) in [6.07, 6.45) is 3.02. The molecule has 4 rings (SSSR count). The molecule has 0 bridgehead atoms. The molecule has 5 heteroatoms. The summed E-state index contributed by atoms with van der Waals surface area (Å²) < 4.78 is 0. The lowest BCUT2D eigenvalue weighted by Crippen LogP contribution is -2.47. The van der Waals surface area contributed by atoms with Gasteiger partial charge in [-0.2, -0.15) is 0 Å². The quantitative estimate of drug-likeness (QED) is 0.936. The number of carbonyl (C=O) groups excluding carboxylic acids is 1. The van der Waals surface area contributed by atoms with Gasteiger partial charge in [0.15, 0.2) is 0 Å². The summed E-state index contributed by atoms with van der Waals surface area (Å²) in [6.45, 7) is 5.29. The Morgan fingerprint density at radius 1 is 1.20 bits per heavy atom. The molecule has 0 radical (unpaired) electrons. The molecule has 130 valence electrons. The van der Waals surface area contributed by atoms with E-state index in [0.717, 1.165) is 61.7 Å². The highest BCUT2D eigenvalue weighted by molar-refractivity contribution is 5.84. The Balaban J connectivity index is 1.52. The number of carbonyl (C=O) groups is 1. The van der Waals surface area contributed by atoms with E-state index in [0.29, 0.717) is 6.54 Å². The Bertz CT molecular complexity index is 777. The van der Waals surface area contributed by atoms with E-state index >= 15 is 0 Å². The molecule has 0 unspecified atom stereocenters. The first kappa shape index (κ1) is 16.2. The number of nitrogens with one attached hydrogen (secondary N) is 1. The summed E-state index contributed by atoms with van der Waals surface area (Å²) in [5.74, 6) is 1.07. The highest BCUT2D eigenvalue weighted by Gasteiger charge is 2.45. The zero-order valence-electron chi connectivity index (χ0n) is 14.7. The van der Waals surface area contributed by atoms with E-state index in [-0.39, 0.29) is 11.3 Å². The van der Waals surface area contributed by atoms with Crippen LogP contribution in [0.5, 0.6) is 0 Å². The molecule has 2 saturated heterocycles. The van der Waals surface area contributed by atoms with Crippen LogP contribution in [0.3, 0.4) is 0 Å². The lowest BCUT2D eigenvalue weighted by molar-refractivity contribution is -0.132. The van der Waals surface area contributed by atoms with Crippen LogP contribution in [0.25, 0.3) is 11.3 Å². The fraction of sp³-hybridized carbons (Fsp3) is 0.450. The van der Waals surface area contributed by atoms with Crippen molar-refractivity contribution in [3.63, 3.8) is 0 Å². The number of aromatic nitrogens is 2. The minimum atomic E-state index is -0.190. The molecule has 1 aromatic heterocycles. The first-order valence-corrected chi connectivity index (χ1v) is 9.05. The number of hydrogen-bond donors (Lipinski definition) is 1. The van der Waals surface area contributed by atoms with E-state index in [1.165, 1.54) is 0 Å². The molecule has 1 aromatic carbocycles. The molecule has 1 spiro atoms. The van der Waals surface area contributed by atoms with Gasteiger partial charge in [-0.1, -0.05) is 30.3 Å². The van der Waals surface area contributed by atoms with Crippen LogP contribution in [0.15, 0.2) is 36.4 Å². The van der Waals surface area contributed by atoms with Crippen LogP contribution < -0.4 is 5.32 Å². The highest BCUT2D eigenvalue weighted by atomic mass is 16.2. The molecule has 5 nitrogen and oxygen atoms in total. The Kier molecular flexibility index (Phi) is 4.25. The molecular formula is C20H24N4O. The van der Waals surface area contributed by atoms with E-state index in [9.17, 15) is 4.79 Å². The summed E-state index contributed by atoms with van der Waals surface area (Å²) in [4.78, 5) is 24.1. The van der Waals surface area contributed by atoms with Gasteiger partial charge in [-0.3, -0.25) is 9.69 Å². The average molecular weight is 336 g/mol. The number of piperidine rings is 1. The third-order valence-electron chi connectivity index (χ3n) is 5.37. The lowest BCUT2D eigenvalue weighted by Gasteiger charge is -2.32. The maximum atomic E-state index is 12.3. The maximum absolute atomic E-state index is 12.3. The lowest BCUT2D eigenvalue weighted by atomic mass is 9.79. The van der Waals surface area contributed by atoms with Gasteiger partial charge in [-0.05, 0) is 38.8 Å². The number of nitrogens with zero attached hydrogens (tertiary/aromatic N) is 3. The third kappa shape index (κ3) is 3.29. The second-order valence-electron chi connectivity index (χ2n) is 7.28. The molecule has 1 N–H and O–H groups in total. The number of aryl methyl sites for hydroxylation is 1. The van der Waals surface area contributed by atoms with Gasteiger partial charge in [0.25, 0.3) is 0 Å². The van der Waals surface area contributed by atoms with Crippen LogP contribution in [-0.2, 0) is 11.3 Å². The summed E-state index contributed by atoms with van der Waals surface area (Å²) in [5.41, 5.74) is 2.86. The summed E-state index contributed by atoms with van der Waals surface area (Å²) in [6, 6.07) is 12.2. The molecule has 1 atom stereocenters. The minimum Gasteiger partial charge on any atom is -0.356 e. The van der Waals surface area contributed by atoms with E-state index in [1.807, 2.05) is 31.2 Å². The van der Waals surface area contributed by atoms with Crippen molar-refractivity contribution < 1.29 is 4.79 Å². The van der Waals surface area contributed by atoms with Crippen molar-refractivity contribution >= 4 is 5.91 Å². The molecule has 2 fully saturated rings. The number of likely N-dealkylation sites (tertiary alicyclic amines) is 1. The van der Waals surface area contributed by atoms with Gasteiger partial charge in [0.2, 0.25) is 5.91 Å². The smallest absolute Gasteiger partial charge is 0.227 e. The normalized spacial score (nSPS) is 23.8. The summed E-state index contributed by atoms with van der Waals surface area (Å²) >= 11 is 0. The highest BCUT2D eigenvalue weighted by Crippen LogP contribution is 2.37. The van der Waals surface area contributed by atoms with Gasteiger partial charge in [0, 0.05) is 24.3 Å². The molecular weight excluding hydrogens is 312 g/mol. The van der Waals surface area contributed by atoms with Crippen LogP contribution in [0.1, 0.15) is 30.8 Å². The summed E-state index contributed by atoms with van der Waals surface area (Å²) in [5, 5.41) is 3.04. The van der Waals surface area contributed by atoms with E-state index in [4.69, 9.17) is 4.98 Å². The van der Waals surface area contributed by atoms with Crippen molar-refractivity contribution in [1.29, 1.82) is 0 Å². The van der Waals surface area contributed by atoms with E-state index < -0.39 is 0 Å². The van der Waals surface area contributed by atoms with Crippen LogP contribution >= 0.6 is 0 Å². The Morgan fingerprint density at radius 3 is 2.84 bits per heavy atom. The first-order chi connectivity index (χ1) is 12.1. The second-order valence-corrected chi connectivity index (χ2v) is 7.28. The Labute approximate surface area is 148 Å². The molecule has 0 aliphatic carbocycles. The molecule has 2 aromatic rings. The van der Waals surface area contributed by atoms with Gasteiger partial charge in [-0.15, -0.1) is 0 Å². The average Bonchev–Trinajstić information content (AvgIpc) is 3.01. The standard InChI is InChI=1S/C20H24N4O/c1-15-12-17(16-6-3-2-4-7-16)23-18(22-15)13-24-11-9-20(14-24)8-5-10-21-19(20)25/h2-4,6-7,12H,5,8-11,13-14H2,1H3,(H,21,25)/t20-/m0/s1. The van der Waals surface area contributed by atoms with E-state index in [2.05, 4.69) is 27.3 Å². The van der Waals surface area contributed by atoms with E-state index in [1.54, 1.807) is 0 Å². The second kappa shape index (κ2) is 6.56.